The van der Waals surface area contributed by atoms with E-state index >= 15 is 0 Å². The Labute approximate surface area is 137 Å². The van der Waals surface area contributed by atoms with Crippen molar-refractivity contribution >= 4 is 16.7 Å². The molecule has 1 heterocycles. The average Bonchev–Trinajstić information content (AvgIpc) is 2.93. The van der Waals surface area contributed by atoms with E-state index in [4.69, 9.17) is 4.74 Å². The number of fused-ring (bicyclic) bond motifs is 1. The number of hydrogen-bond donors (Lipinski definition) is 1. The van der Waals surface area contributed by atoms with Crippen molar-refractivity contribution in [3.05, 3.63) is 42.0 Å². The van der Waals surface area contributed by atoms with Crippen LogP contribution >= 0.6 is 0 Å². The van der Waals surface area contributed by atoms with E-state index in [1.807, 2.05) is 6.92 Å². The number of hydrazine groups is 1. The van der Waals surface area contributed by atoms with Crippen LogP contribution in [0.5, 0.6) is 5.75 Å². The molecular formula is C17H17F3N2O2. The fourth-order valence-electron chi connectivity index (χ4n) is 2.98. The predicted molar refractivity (Wildman–Crippen MR) is 83.4 cm³/mol. The van der Waals surface area contributed by atoms with Crippen molar-refractivity contribution in [1.29, 1.82) is 0 Å². The van der Waals surface area contributed by atoms with Crippen molar-refractivity contribution in [3.63, 3.8) is 0 Å². The van der Waals surface area contributed by atoms with E-state index in [1.54, 1.807) is 30.3 Å². The quantitative estimate of drug-likeness (QED) is 0.926. The van der Waals surface area contributed by atoms with Crippen LogP contribution in [0.2, 0.25) is 0 Å². The lowest BCUT2D eigenvalue weighted by molar-refractivity contribution is -0.190. The highest BCUT2D eigenvalue weighted by molar-refractivity contribution is 5.87. The van der Waals surface area contributed by atoms with Gasteiger partial charge in [0.05, 0.1) is 6.61 Å². The van der Waals surface area contributed by atoms with Gasteiger partial charge in [0.15, 0.2) is 6.04 Å². The van der Waals surface area contributed by atoms with Gasteiger partial charge in [0, 0.05) is 13.0 Å². The van der Waals surface area contributed by atoms with Crippen LogP contribution in [0.25, 0.3) is 10.8 Å². The summed E-state index contributed by atoms with van der Waals surface area (Å²) in [7, 11) is 0. The maximum Gasteiger partial charge on any atom is 0.409 e. The Kier molecular flexibility index (Phi) is 4.36. The van der Waals surface area contributed by atoms with Gasteiger partial charge in [-0.25, -0.2) is 5.01 Å². The third-order valence-corrected chi connectivity index (χ3v) is 3.96. The van der Waals surface area contributed by atoms with Crippen LogP contribution < -0.4 is 10.2 Å². The van der Waals surface area contributed by atoms with Gasteiger partial charge in [-0.1, -0.05) is 24.3 Å². The number of rotatable bonds is 4. The van der Waals surface area contributed by atoms with Crippen LogP contribution in [0.4, 0.5) is 13.2 Å². The lowest BCUT2D eigenvalue weighted by Gasteiger charge is -2.30. The Bertz CT molecular complexity index is 761. The summed E-state index contributed by atoms with van der Waals surface area (Å²) < 4.78 is 46.6. The summed E-state index contributed by atoms with van der Waals surface area (Å²) in [4.78, 5) is 11.4. The van der Waals surface area contributed by atoms with Crippen molar-refractivity contribution < 1.29 is 22.7 Å². The SMILES string of the molecule is CCOc1ccc2cccc(C(N3CCC(=O)N3)C(F)(F)F)c2c1. The van der Waals surface area contributed by atoms with Crippen LogP contribution in [0.15, 0.2) is 36.4 Å². The van der Waals surface area contributed by atoms with Crippen molar-refractivity contribution in [1.82, 2.24) is 10.4 Å². The Hall–Kier alpha value is -2.28. The van der Waals surface area contributed by atoms with E-state index in [0.29, 0.717) is 23.1 Å². The molecule has 24 heavy (non-hydrogen) atoms. The van der Waals surface area contributed by atoms with Crippen molar-refractivity contribution in [3.8, 4) is 5.75 Å². The number of amides is 1. The van der Waals surface area contributed by atoms with Gasteiger partial charge in [0.25, 0.3) is 0 Å². The summed E-state index contributed by atoms with van der Waals surface area (Å²) in [5.74, 6) is 0.114. The molecule has 4 nitrogen and oxygen atoms in total. The Morgan fingerprint density at radius 2 is 2.08 bits per heavy atom. The second-order valence-electron chi connectivity index (χ2n) is 5.59. The minimum atomic E-state index is -4.52. The van der Waals surface area contributed by atoms with Gasteiger partial charge in [-0.05, 0) is 35.4 Å². The van der Waals surface area contributed by atoms with Crippen LogP contribution in [-0.4, -0.2) is 30.2 Å². The molecule has 3 rings (SSSR count). The molecule has 1 N–H and O–H groups in total. The van der Waals surface area contributed by atoms with Crippen molar-refractivity contribution in [2.75, 3.05) is 13.2 Å². The summed E-state index contributed by atoms with van der Waals surface area (Å²) in [6.07, 6.45) is -4.46. The first-order valence-electron chi connectivity index (χ1n) is 7.68. The minimum absolute atomic E-state index is 0.0184. The number of benzene rings is 2. The molecule has 0 bridgehead atoms. The van der Waals surface area contributed by atoms with Crippen molar-refractivity contribution in [2.24, 2.45) is 0 Å². The third-order valence-electron chi connectivity index (χ3n) is 3.96. The van der Waals surface area contributed by atoms with Gasteiger partial charge in [-0.3, -0.25) is 10.2 Å². The molecule has 7 heteroatoms. The van der Waals surface area contributed by atoms with E-state index < -0.39 is 18.1 Å². The average molecular weight is 338 g/mol. The molecule has 1 fully saturated rings. The molecule has 2 aromatic rings. The normalized spacial score (nSPS) is 17.1. The van der Waals surface area contributed by atoms with Gasteiger partial charge >= 0.3 is 6.18 Å². The van der Waals surface area contributed by atoms with Crippen LogP contribution in [0.3, 0.4) is 0 Å². The van der Waals surface area contributed by atoms with E-state index in [2.05, 4.69) is 5.43 Å². The number of nitrogens with zero attached hydrogens (tertiary/aromatic N) is 1. The fraction of sp³-hybridized carbons (Fsp3) is 0.353. The highest BCUT2D eigenvalue weighted by atomic mass is 19.4. The molecule has 1 unspecified atom stereocenters. The Morgan fingerprint density at radius 1 is 1.29 bits per heavy atom. The molecule has 1 atom stereocenters. The number of hydrogen-bond acceptors (Lipinski definition) is 3. The number of ether oxygens (including phenoxy) is 1. The Morgan fingerprint density at radius 3 is 2.71 bits per heavy atom. The molecule has 1 saturated heterocycles. The lowest BCUT2D eigenvalue weighted by Crippen LogP contribution is -2.43. The van der Waals surface area contributed by atoms with Crippen LogP contribution in [-0.2, 0) is 4.79 Å². The summed E-state index contributed by atoms with van der Waals surface area (Å²) in [6, 6.07) is 7.98. The molecule has 0 radical (unpaired) electrons. The number of carbonyl (C=O) groups excluding carboxylic acids is 1. The lowest BCUT2D eigenvalue weighted by atomic mass is 9.97. The molecule has 128 valence electrons. The predicted octanol–water partition coefficient (Wildman–Crippen LogP) is 3.58. The summed E-state index contributed by atoms with van der Waals surface area (Å²) in [5, 5.41) is 2.12. The molecular weight excluding hydrogens is 321 g/mol. The van der Waals surface area contributed by atoms with E-state index in [1.165, 1.54) is 6.07 Å². The zero-order chi connectivity index (χ0) is 17.3. The molecule has 0 spiro atoms. The zero-order valence-electron chi connectivity index (χ0n) is 13.1. The number of halogens is 3. The van der Waals surface area contributed by atoms with Gasteiger partial charge in [0.2, 0.25) is 5.91 Å². The smallest absolute Gasteiger partial charge is 0.409 e. The second-order valence-corrected chi connectivity index (χ2v) is 5.59. The monoisotopic (exact) mass is 338 g/mol. The first-order chi connectivity index (χ1) is 11.4. The Balaban J connectivity index is 2.13. The zero-order valence-corrected chi connectivity index (χ0v) is 13.1. The topological polar surface area (TPSA) is 41.6 Å². The highest BCUT2D eigenvalue weighted by Gasteiger charge is 2.47. The maximum absolute atomic E-state index is 13.7. The van der Waals surface area contributed by atoms with Gasteiger partial charge in [-0.2, -0.15) is 13.2 Å². The molecule has 0 saturated carbocycles. The second kappa shape index (κ2) is 6.32. The number of nitrogens with one attached hydrogen (secondary N) is 1. The molecule has 1 aliphatic heterocycles. The van der Waals surface area contributed by atoms with E-state index in [0.717, 1.165) is 5.01 Å². The molecule has 0 aromatic heterocycles. The standard InChI is InChI=1S/C17H17F3N2O2/c1-2-24-12-7-6-11-4-3-5-13(14(11)10-12)16(17(18,19)20)22-9-8-15(23)21-22/h3-7,10,16H,2,8-9H2,1H3,(H,21,23). The highest BCUT2D eigenvalue weighted by Crippen LogP contribution is 2.41. The van der Waals surface area contributed by atoms with Crippen molar-refractivity contribution in [2.45, 2.75) is 25.6 Å². The molecule has 2 aromatic carbocycles. The summed E-state index contributed by atoms with van der Waals surface area (Å²) >= 11 is 0. The summed E-state index contributed by atoms with van der Waals surface area (Å²) in [5.41, 5.74) is 2.41. The molecule has 0 aliphatic carbocycles. The first kappa shape index (κ1) is 16.6. The first-order valence-corrected chi connectivity index (χ1v) is 7.68. The maximum atomic E-state index is 13.7. The third kappa shape index (κ3) is 3.17. The number of alkyl halides is 3. The van der Waals surface area contributed by atoms with Gasteiger partial charge < -0.3 is 4.74 Å². The number of carbonyl (C=O) groups is 1. The van der Waals surface area contributed by atoms with Crippen LogP contribution in [0, 0.1) is 0 Å². The van der Waals surface area contributed by atoms with Gasteiger partial charge in [-0.15, -0.1) is 0 Å². The summed E-state index contributed by atoms with van der Waals surface area (Å²) in [6.45, 7) is 2.26. The molecule has 1 aliphatic rings. The van der Waals surface area contributed by atoms with Gasteiger partial charge in [0.1, 0.15) is 5.75 Å². The fourth-order valence-corrected chi connectivity index (χ4v) is 2.98. The largest absolute Gasteiger partial charge is 0.494 e. The van der Waals surface area contributed by atoms with E-state index in [9.17, 15) is 18.0 Å². The van der Waals surface area contributed by atoms with E-state index in [-0.39, 0.29) is 18.5 Å². The molecule has 1 amide bonds. The van der Waals surface area contributed by atoms with Crippen LogP contribution in [0.1, 0.15) is 24.9 Å². The minimum Gasteiger partial charge on any atom is -0.494 e.